The highest BCUT2D eigenvalue weighted by Gasteiger charge is 2.24. The Balaban J connectivity index is 2.06. The van der Waals surface area contributed by atoms with Gasteiger partial charge in [-0.15, -0.1) is 0 Å². The molecule has 0 saturated heterocycles. The van der Waals surface area contributed by atoms with Crippen LogP contribution in [0.4, 0.5) is 14.6 Å². The van der Waals surface area contributed by atoms with E-state index < -0.39 is 31.6 Å². The molecule has 0 fully saturated rings. The molecule has 2 N–H and O–H groups in total. The van der Waals surface area contributed by atoms with Crippen LogP contribution in [0.25, 0.3) is 11.2 Å². The lowest BCUT2D eigenvalue weighted by Crippen LogP contribution is -2.15. The fourth-order valence-electron chi connectivity index (χ4n) is 1.72. The Morgan fingerprint density at radius 3 is 2.64 bits per heavy atom. The molecule has 0 amide bonds. The van der Waals surface area contributed by atoms with Gasteiger partial charge in [-0.25, -0.2) is 27.2 Å². The second kappa shape index (κ2) is 5.14. The molecule has 0 bridgehead atoms. The maximum absolute atomic E-state index is 13.7. The molecule has 3 rings (SSSR count). The first-order chi connectivity index (χ1) is 10.4. The molecule has 1 aromatic carbocycles. The molecule has 2 aromatic heterocycles. The first-order valence-electron chi connectivity index (χ1n) is 5.71. The van der Waals surface area contributed by atoms with Gasteiger partial charge in [-0.1, -0.05) is 11.6 Å². The molecule has 0 saturated carbocycles. The predicted octanol–water partition coefficient (Wildman–Crippen LogP) is 2.09. The van der Waals surface area contributed by atoms with Crippen LogP contribution in [0.5, 0.6) is 0 Å². The zero-order chi connectivity index (χ0) is 15.9. The largest absolute Gasteiger partial charge is 0.266 e. The Bertz CT molecular complexity index is 976. The summed E-state index contributed by atoms with van der Waals surface area (Å²) < 4.78 is 53.2. The fourth-order valence-corrected chi connectivity index (χ4v) is 3.04. The normalized spacial score (nSPS) is 11.8. The molecule has 0 aliphatic rings. The van der Waals surface area contributed by atoms with Crippen molar-refractivity contribution in [3.8, 4) is 0 Å². The lowest BCUT2D eigenvalue weighted by molar-refractivity contribution is 0.551. The Morgan fingerprint density at radius 1 is 1.14 bits per heavy atom. The van der Waals surface area contributed by atoms with Crippen LogP contribution in [-0.4, -0.2) is 28.6 Å². The number of rotatable bonds is 3. The number of nitrogens with one attached hydrogen (secondary N) is 2. The van der Waals surface area contributed by atoms with E-state index in [-0.39, 0.29) is 17.0 Å². The number of aromatic amines is 1. The minimum atomic E-state index is -4.37. The van der Waals surface area contributed by atoms with E-state index >= 15 is 0 Å². The van der Waals surface area contributed by atoms with Crippen molar-refractivity contribution < 1.29 is 17.2 Å². The minimum Gasteiger partial charge on any atom is -0.260 e. The van der Waals surface area contributed by atoms with E-state index in [0.717, 1.165) is 0 Å². The van der Waals surface area contributed by atoms with Gasteiger partial charge in [-0.05, 0) is 6.07 Å². The van der Waals surface area contributed by atoms with Crippen molar-refractivity contribution in [2.45, 2.75) is 4.90 Å². The van der Waals surface area contributed by atoms with E-state index in [1.165, 1.54) is 12.4 Å². The van der Waals surface area contributed by atoms with Gasteiger partial charge in [0.15, 0.2) is 17.0 Å². The van der Waals surface area contributed by atoms with Gasteiger partial charge in [0.1, 0.15) is 16.5 Å². The molecule has 2 heterocycles. The Morgan fingerprint density at radius 2 is 1.86 bits per heavy atom. The summed E-state index contributed by atoms with van der Waals surface area (Å²) in [7, 11) is -4.37. The highest BCUT2D eigenvalue weighted by molar-refractivity contribution is 7.92. The first-order valence-corrected chi connectivity index (χ1v) is 7.57. The molecule has 0 spiro atoms. The fraction of sp³-hybridized carbons (Fsp3) is 0. The molecule has 3 aromatic rings. The molecular formula is C11H6ClF2N5O2S. The SMILES string of the molecule is O=S(=O)(Nc1n[nH]c2nccnc12)c1cc(Cl)c(F)cc1F. The molecule has 7 nitrogen and oxygen atoms in total. The predicted molar refractivity (Wildman–Crippen MR) is 73.9 cm³/mol. The number of anilines is 1. The van der Waals surface area contributed by atoms with Crippen molar-refractivity contribution in [3.05, 3.63) is 41.2 Å². The Hall–Kier alpha value is -2.33. The minimum absolute atomic E-state index is 0.152. The molecule has 0 aliphatic heterocycles. The second-order valence-electron chi connectivity index (χ2n) is 4.13. The van der Waals surface area contributed by atoms with E-state index in [1.54, 1.807) is 0 Å². The number of nitrogens with zero attached hydrogens (tertiary/aromatic N) is 3. The number of sulfonamides is 1. The molecule has 22 heavy (non-hydrogen) atoms. The number of fused-ring (bicyclic) bond motifs is 1. The smallest absolute Gasteiger partial charge is 0.260 e. The van der Waals surface area contributed by atoms with E-state index in [2.05, 4.69) is 24.9 Å². The maximum atomic E-state index is 13.7. The van der Waals surface area contributed by atoms with Gasteiger partial charge in [0.05, 0.1) is 5.02 Å². The van der Waals surface area contributed by atoms with Gasteiger partial charge in [-0.3, -0.25) is 9.82 Å². The lowest BCUT2D eigenvalue weighted by atomic mass is 10.3. The average molecular weight is 346 g/mol. The van der Waals surface area contributed by atoms with Crippen LogP contribution < -0.4 is 4.72 Å². The van der Waals surface area contributed by atoms with Crippen molar-refractivity contribution in [1.29, 1.82) is 0 Å². The van der Waals surface area contributed by atoms with Crippen molar-refractivity contribution in [2.24, 2.45) is 0 Å². The van der Waals surface area contributed by atoms with Crippen molar-refractivity contribution >= 4 is 38.6 Å². The summed E-state index contributed by atoms with van der Waals surface area (Å²) in [4.78, 5) is 6.99. The van der Waals surface area contributed by atoms with Gasteiger partial charge in [0.2, 0.25) is 0 Å². The highest BCUT2D eigenvalue weighted by Crippen LogP contribution is 2.25. The summed E-state index contributed by atoms with van der Waals surface area (Å²) in [5, 5.41) is 5.65. The summed E-state index contributed by atoms with van der Waals surface area (Å²) >= 11 is 5.49. The number of benzene rings is 1. The van der Waals surface area contributed by atoms with Crippen LogP contribution in [0.3, 0.4) is 0 Å². The number of hydrogen-bond donors (Lipinski definition) is 2. The van der Waals surface area contributed by atoms with Gasteiger partial charge in [0, 0.05) is 18.5 Å². The summed E-state index contributed by atoms with van der Waals surface area (Å²) in [6, 6.07) is 1.06. The van der Waals surface area contributed by atoms with Gasteiger partial charge < -0.3 is 0 Å². The molecule has 0 radical (unpaired) electrons. The third-order valence-corrected chi connectivity index (χ3v) is 4.34. The Labute approximate surface area is 127 Å². The van der Waals surface area contributed by atoms with Crippen molar-refractivity contribution in [2.75, 3.05) is 4.72 Å². The third-order valence-electron chi connectivity index (χ3n) is 2.69. The average Bonchev–Trinajstić information content (AvgIpc) is 2.85. The Kier molecular flexibility index (Phi) is 3.41. The van der Waals surface area contributed by atoms with E-state index in [4.69, 9.17) is 11.6 Å². The first kappa shape index (κ1) is 14.6. The van der Waals surface area contributed by atoms with Crippen LogP contribution in [0.2, 0.25) is 5.02 Å². The standard InChI is InChI=1S/C11H6ClF2N5O2S/c12-5-3-8(7(14)4-6(5)13)22(20,21)19-11-9-10(17-18-11)16-2-1-15-9/h1-4H,(H2,16,17,18,19). The van der Waals surface area contributed by atoms with Gasteiger partial charge in [-0.2, -0.15) is 5.10 Å². The molecule has 114 valence electrons. The quantitative estimate of drug-likeness (QED) is 0.708. The van der Waals surface area contributed by atoms with Crippen LogP contribution >= 0.6 is 11.6 Å². The number of aromatic nitrogens is 4. The molecule has 0 unspecified atom stereocenters. The summed E-state index contributed by atoms with van der Waals surface area (Å²) in [6.07, 6.45) is 2.73. The summed E-state index contributed by atoms with van der Waals surface area (Å²) in [5.74, 6) is -2.50. The second-order valence-corrected chi connectivity index (χ2v) is 6.19. The van der Waals surface area contributed by atoms with Crippen LogP contribution in [0.15, 0.2) is 29.4 Å². The van der Waals surface area contributed by atoms with Gasteiger partial charge >= 0.3 is 0 Å². The third kappa shape index (κ3) is 2.46. The number of H-pyrrole nitrogens is 1. The zero-order valence-corrected chi connectivity index (χ0v) is 12.1. The topological polar surface area (TPSA) is 101 Å². The zero-order valence-electron chi connectivity index (χ0n) is 10.5. The van der Waals surface area contributed by atoms with E-state index in [1.807, 2.05) is 0 Å². The molecule has 0 atom stereocenters. The monoisotopic (exact) mass is 345 g/mol. The van der Waals surface area contributed by atoms with E-state index in [9.17, 15) is 17.2 Å². The lowest BCUT2D eigenvalue weighted by Gasteiger charge is -2.07. The van der Waals surface area contributed by atoms with E-state index in [0.29, 0.717) is 12.1 Å². The summed E-state index contributed by atoms with van der Waals surface area (Å²) in [5.41, 5.74) is 0.400. The van der Waals surface area contributed by atoms with Gasteiger partial charge in [0.25, 0.3) is 10.0 Å². The summed E-state index contributed by atoms with van der Waals surface area (Å²) in [6.45, 7) is 0. The highest BCUT2D eigenvalue weighted by atomic mass is 35.5. The van der Waals surface area contributed by atoms with Crippen molar-refractivity contribution in [3.63, 3.8) is 0 Å². The van der Waals surface area contributed by atoms with Crippen LogP contribution in [0.1, 0.15) is 0 Å². The molecule has 0 aliphatic carbocycles. The number of hydrogen-bond acceptors (Lipinski definition) is 5. The van der Waals surface area contributed by atoms with Crippen LogP contribution in [0, 0.1) is 11.6 Å². The molecule has 11 heteroatoms. The van der Waals surface area contributed by atoms with Crippen molar-refractivity contribution in [1.82, 2.24) is 20.2 Å². The molecular weight excluding hydrogens is 340 g/mol. The van der Waals surface area contributed by atoms with Crippen LogP contribution in [-0.2, 0) is 10.0 Å². The maximum Gasteiger partial charge on any atom is 0.266 e. The number of halogens is 3.